The number of piperidine rings is 1. The Morgan fingerprint density at radius 1 is 1.38 bits per heavy atom. The maximum atomic E-state index is 12.8. The molecule has 8 nitrogen and oxygen atoms in total. The van der Waals surface area contributed by atoms with E-state index in [0.29, 0.717) is 34.4 Å². The Morgan fingerprint density at radius 3 is 2.86 bits per heavy atom. The average molecular weight is 414 g/mol. The first-order chi connectivity index (χ1) is 13.7. The lowest BCUT2D eigenvalue weighted by molar-refractivity contribution is 0.0183. The normalized spacial score (nSPS) is 23.4. The molecule has 0 unspecified atom stereocenters. The zero-order valence-corrected chi connectivity index (χ0v) is 17.6. The van der Waals surface area contributed by atoms with Crippen molar-refractivity contribution in [1.82, 2.24) is 25.1 Å². The zero-order valence-electron chi connectivity index (χ0n) is 16.8. The highest BCUT2D eigenvalue weighted by Crippen LogP contribution is 2.56. The van der Waals surface area contributed by atoms with Crippen LogP contribution in [-0.2, 0) is 4.74 Å². The number of aromatic nitrogens is 4. The number of H-pyrrole nitrogens is 2. The van der Waals surface area contributed by atoms with Gasteiger partial charge in [0.1, 0.15) is 16.1 Å². The molecule has 5 rings (SSSR count). The third kappa shape index (κ3) is 3.13. The number of aryl methyl sites for hydroxylation is 1. The molecule has 0 bridgehead atoms. The average Bonchev–Trinajstić information content (AvgIpc) is 2.98. The summed E-state index contributed by atoms with van der Waals surface area (Å²) in [4.78, 5) is 35.9. The number of fused-ring (bicyclic) bond motifs is 2. The summed E-state index contributed by atoms with van der Waals surface area (Å²) in [6.45, 7) is 8.16. The van der Waals surface area contributed by atoms with E-state index in [-0.39, 0.29) is 17.7 Å². The van der Waals surface area contributed by atoms with E-state index in [1.807, 2.05) is 33.8 Å². The van der Waals surface area contributed by atoms with Gasteiger partial charge in [-0.2, -0.15) is 5.10 Å². The molecule has 3 aromatic heterocycles. The van der Waals surface area contributed by atoms with E-state index in [4.69, 9.17) is 9.72 Å². The highest BCUT2D eigenvalue weighted by molar-refractivity contribution is 7.22. The minimum Gasteiger partial charge on any atom is -0.444 e. The molecular formula is C20H23N5O3S. The van der Waals surface area contributed by atoms with E-state index in [9.17, 15) is 9.59 Å². The number of carbonyl (C=O) groups is 1. The van der Waals surface area contributed by atoms with Gasteiger partial charge in [0.2, 0.25) is 0 Å². The van der Waals surface area contributed by atoms with Crippen molar-refractivity contribution in [1.29, 1.82) is 0 Å². The highest BCUT2D eigenvalue weighted by atomic mass is 32.1. The second kappa shape index (κ2) is 6.16. The second-order valence-corrected chi connectivity index (χ2v) is 9.97. The lowest BCUT2D eigenvalue weighted by atomic mass is 10.1. The quantitative estimate of drug-likeness (QED) is 0.668. The number of nitrogens with zero attached hydrogens (tertiary/aromatic N) is 3. The van der Waals surface area contributed by atoms with Crippen LogP contribution in [0, 0.1) is 18.8 Å². The van der Waals surface area contributed by atoms with Crippen LogP contribution in [0.15, 0.2) is 17.1 Å². The summed E-state index contributed by atoms with van der Waals surface area (Å²) in [7, 11) is 0. The van der Waals surface area contributed by atoms with Gasteiger partial charge in [-0.25, -0.2) is 9.78 Å². The number of hydrogen-bond donors (Lipinski definition) is 2. The van der Waals surface area contributed by atoms with Crippen molar-refractivity contribution in [2.75, 3.05) is 6.54 Å². The molecule has 4 heterocycles. The van der Waals surface area contributed by atoms with Crippen molar-refractivity contribution < 1.29 is 9.53 Å². The minimum absolute atomic E-state index is 0.171. The molecule has 2 aliphatic rings. The molecule has 2 fully saturated rings. The van der Waals surface area contributed by atoms with Crippen molar-refractivity contribution in [2.45, 2.75) is 45.8 Å². The van der Waals surface area contributed by atoms with Crippen LogP contribution in [0.4, 0.5) is 4.79 Å². The Labute approximate surface area is 171 Å². The third-order valence-electron chi connectivity index (χ3n) is 5.55. The lowest BCUT2D eigenvalue weighted by Crippen LogP contribution is -2.39. The molecule has 0 radical (unpaired) electrons. The van der Waals surface area contributed by atoms with E-state index in [0.717, 1.165) is 22.6 Å². The number of hydrogen-bond acceptors (Lipinski definition) is 6. The van der Waals surface area contributed by atoms with Crippen molar-refractivity contribution in [3.8, 4) is 10.4 Å². The Kier molecular flexibility index (Phi) is 3.90. The summed E-state index contributed by atoms with van der Waals surface area (Å²) >= 11 is 1.40. The van der Waals surface area contributed by atoms with Gasteiger partial charge < -0.3 is 9.72 Å². The van der Waals surface area contributed by atoms with Crippen molar-refractivity contribution in [3.63, 3.8) is 0 Å². The Hall–Kier alpha value is -2.68. The Balaban J connectivity index is 1.53. The van der Waals surface area contributed by atoms with Gasteiger partial charge in [0, 0.05) is 22.7 Å². The molecule has 152 valence electrons. The van der Waals surface area contributed by atoms with Gasteiger partial charge in [-0.3, -0.25) is 14.8 Å². The summed E-state index contributed by atoms with van der Waals surface area (Å²) in [5.41, 5.74) is 1.82. The Bertz CT molecular complexity index is 1170. The summed E-state index contributed by atoms with van der Waals surface area (Å²) < 4.78 is 6.17. The molecule has 1 saturated heterocycles. The number of carbonyl (C=O) groups excluding carboxylic acids is 1. The van der Waals surface area contributed by atoms with E-state index in [1.165, 1.54) is 11.3 Å². The molecule has 29 heavy (non-hydrogen) atoms. The van der Waals surface area contributed by atoms with Crippen LogP contribution in [0.1, 0.15) is 44.8 Å². The molecule has 1 aliphatic heterocycles. The van der Waals surface area contributed by atoms with Crippen LogP contribution >= 0.6 is 11.3 Å². The minimum atomic E-state index is -0.566. The highest BCUT2D eigenvalue weighted by Gasteiger charge is 2.56. The topological polar surface area (TPSA) is 104 Å². The fourth-order valence-corrected chi connectivity index (χ4v) is 5.21. The zero-order chi connectivity index (χ0) is 20.5. The van der Waals surface area contributed by atoms with Crippen LogP contribution in [-0.4, -0.2) is 43.3 Å². The lowest BCUT2D eigenvalue weighted by Gasteiger charge is -2.29. The van der Waals surface area contributed by atoms with Crippen LogP contribution in [0.3, 0.4) is 0 Å². The van der Waals surface area contributed by atoms with Gasteiger partial charge in [0.15, 0.2) is 0 Å². The monoisotopic (exact) mass is 413 g/mol. The van der Waals surface area contributed by atoms with Crippen LogP contribution in [0.25, 0.3) is 20.7 Å². The fourth-order valence-electron chi connectivity index (χ4n) is 4.15. The molecule has 3 atom stereocenters. The molecule has 0 aromatic carbocycles. The number of likely N-dealkylation sites (tertiary alicyclic amines) is 1. The summed E-state index contributed by atoms with van der Waals surface area (Å²) in [5, 5.41) is 6.99. The summed E-state index contributed by atoms with van der Waals surface area (Å²) in [6, 6.07) is 1.68. The summed E-state index contributed by atoms with van der Waals surface area (Å²) in [5.74, 6) is 1.34. The number of aromatic amines is 2. The van der Waals surface area contributed by atoms with Gasteiger partial charge in [0.05, 0.1) is 17.8 Å². The van der Waals surface area contributed by atoms with Crippen molar-refractivity contribution in [2.24, 2.45) is 11.8 Å². The number of amides is 1. The van der Waals surface area contributed by atoms with Gasteiger partial charge in [-0.1, -0.05) is 0 Å². The van der Waals surface area contributed by atoms with E-state index < -0.39 is 5.60 Å². The predicted molar refractivity (Wildman–Crippen MR) is 110 cm³/mol. The van der Waals surface area contributed by atoms with Crippen molar-refractivity contribution >= 4 is 27.6 Å². The number of thiophene rings is 1. The maximum absolute atomic E-state index is 12.8. The number of ether oxygens (including phenoxy) is 1. The Morgan fingerprint density at radius 2 is 2.17 bits per heavy atom. The maximum Gasteiger partial charge on any atom is 0.410 e. The van der Waals surface area contributed by atoms with E-state index >= 15 is 0 Å². The molecular weight excluding hydrogens is 390 g/mol. The molecule has 3 aromatic rings. The van der Waals surface area contributed by atoms with Gasteiger partial charge in [-0.15, -0.1) is 11.3 Å². The molecule has 1 aliphatic carbocycles. The standard InChI is InChI=1S/C20H23N5O3S/c1-9-12(7-21-24-9)14-6-13-16(29-14)18(26)23-17(22-13)15-11-5-10(11)8-25(15)19(27)28-20(2,3)4/h6-7,10-11,15H,5,8H2,1-4H3,(H,21,24)(H,22,23,26)/t10-,11-,15+/m1/s1. The van der Waals surface area contributed by atoms with Gasteiger partial charge in [-0.05, 0) is 52.0 Å². The van der Waals surface area contributed by atoms with Gasteiger partial charge in [0.25, 0.3) is 5.56 Å². The number of rotatable bonds is 2. The molecule has 9 heteroatoms. The van der Waals surface area contributed by atoms with E-state index in [1.54, 1.807) is 11.1 Å². The largest absolute Gasteiger partial charge is 0.444 e. The second-order valence-electron chi connectivity index (χ2n) is 8.92. The molecule has 0 spiro atoms. The first-order valence-corrected chi connectivity index (χ1v) is 10.6. The predicted octanol–water partition coefficient (Wildman–Crippen LogP) is 3.61. The smallest absolute Gasteiger partial charge is 0.410 e. The van der Waals surface area contributed by atoms with Crippen LogP contribution < -0.4 is 5.56 Å². The van der Waals surface area contributed by atoms with Gasteiger partial charge >= 0.3 is 6.09 Å². The van der Waals surface area contributed by atoms with Crippen LogP contribution in [0.2, 0.25) is 0 Å². The first kappa shape index (κ1) is 18.4. The van der Waals surface area contributed by atoms with Crippen molar-refractivity contribution in [3.05, 3.63) is 34.1 Å². The number of nitrogens with one attached hydrogen (secondary N) is 2. The van der Waals surface area contributed by atoms with E-state index in [2.05, 4.69) is 15.2 Å². The fraction of sp³-hybridized carbons (Fsp3) is 0.500. The molecule has 1 saturated carbocycles. The molecule has 2 N–H and O–H groups in total. The SMILES string of the molecule is Cc1[nH]ncc1-c1cc2nc([C@@H]3[C@@H]4C[C@@H]4CN3C(=O)OC(C)(C)C)[nH]c(=O)c2s1. The third-order valence-corrected chi connectivity index (χ3v) is 6.71. The molecule has 1 amide bonds. The first-order valence-electron chi connectivity index (χ1n) is 9.75. The summed E-state index contributed by atoms with van der Waals surface area (Å²) in [6.07, 6.45) is 2.46. The van der Waals surface area contributed by atoms with Crippen LogP contribution in [0.5, 0.6) is 0 Å².